The van der Waals surface area contributed by atoms with Crippen LogP contribution in [-0.2, 0) is 18.9 Å². The molecule has 4 fully saturated rings. The Balaban J connectivity index is 1.74. The van der Waals surface area contributed by atoms with Gasteiger partial charge in [0.05, 0.1) is 24.4 Å². The van der Waals surface area contributed by atoms with Gasteiger partial charge in [-0.3, -0.25) is 0 Å². The van der Waals surface area contributed by atoms with Gasteiger partial charge < -0.3 is 18.9 Å². The van der Waals surface area contributed by atoms with Gasteiger partial charge in [0.15, 0.2) is 11.6 Å². The average Bonchev–Trinajstić information content (AvgIpc) is 3.12. The predicted octanol–water partition coefficient (Wildman–Crippen LogP) is 5.35. The smallest absolute Gasteiger partial charge is 0.163 e. The zero-order valence-electron chi connectivity index (χ0n) is 19.4. The van der Waals surface area contributed by atoms with E-state index in [2.05, 4.69) is 69.2 Å². The third-order valence-electron chi connectivity index (χ3n) is 6.66. The molecule has 0 aromatic carbocycles. The van der Waals surface area contributed by atoms with E-state index in [9.17, 15) is 0 Å². The minimum atomic E-state index is -0.471. The average molecular weight is 431 g/mol. The summed E-state index contributed by atoms with van der Waals surface area (Å²) in [7, 11) is -0.466. The van der Waals surface area contributed by atoms with E-state index >= 15 is 0 Å². The molecule has 0 amide bonds. The second-order valence-electron chi connectivity index (χ2n) is 11.9. The molecule has 0 spiro atoms. The summed E-state index contributed by atoms with van der Waals surface area (Å²) in [4.78, 5) is 0. The van der Waals surface area contributed by atoms with Crippen molar-refractivity contribution in [2.45, 2.75) is 127 Å². The molecular formula is C22H40O4P2. The molecule has 0 aromatic rings. The van der Waals surface area contributed by atoms with Crippen LogP contribution in [0.15, 0.2) is 0 Å². The molecule has 0 saturated carbocycles. The topological polar surface area (TPSA) is 36.9 Å². The van der Waals surface area contributed by atoms with Crippen LogP contribution in [0.4, 0.5) is 0 Å². The summed E-state index contributed by atoms with van der Waals surface area (Å²) in [6.45, 7) is 22.8. The maximum Gasteiger partial charge on any atom is 0.163 e. The minimum absolute atomic E-state index is 0.198. The van der Waals surface area contributed by atoms with Crippen LogP contribution in [0.5, 0.6) is 0 Å². The molecule has 0 N–H and O–H groups in total. The van der Waals surface area contributed by atoms with Crippen molar-refractivity contribution < 1.29 is 18.9 Å². The predicted molar refractivity (Wildman–Crippen MR) is 118 cm³/mol. The molecule has 0 aromatic heterocycles. The van der Waals surface area contributed by atoms with Gasteiger partial charge in [0, 0.05) is 11.3 Å². The molecule has 0 bridgehead atoms. The zero-order valence-corrected chi connectivity index (χ0v) is 21.2. The zero-order chi connectivity index (χ0) is 20.9. The highest BCUT2D eigenvalue weighted by atomic mass is 31.1. The molecule has 162 valence electrons. The van der Waals surface area contributed by atoms with Crippen molar-refractivity contribution in [1.82, 2.24) is 0 Å². The summed E-state index contributed by atoms with van der Waals surface area (Å²) in [5.41, 5.74) is 1.05. The molecule has 4 heterocycles. The number of fused-ring (bicyclic) bond motifs is 2. The molecule has 4 nitrogen and oxygen atoms in total. The summed E-state index contributed by atoms with van der Waals surface area (Å²) in [5, 5.41) is 0.570. The fraction of sp³-hybridized carbons (Fsp3) is 1.00. The number of rotatable bonds is 1. The molecule has 6 heteroatoms. The van der Waals surface area contributed by atoms with Crippen molar-refractivity contribution >= 4 is 15.8 Å². The Kier molecular flexibility index (Phi) is 5.17. The summed E-state index contributed by atoms with van der Waals surface area (Å²) in [6, 6.07) is 0. The highest BCUT2D eigenvalue weighted by Gasteiger charge is 2.65. The lowest BCUT2D eigenvalue weighted by Gasteiger charge is -2.45. The second kappa shape index (κ2) is 6.60. The third-order valence-corrected chi connectivity index (χ3v) is 14.5. The van der Waals surface area contributed by atoms with Crippen molar-refractivity contribution in [3.8, 4) is 0 Å². The van der Waals surface area contributed by atoms with Crippen LogP contribution in [-0.4, -0.2) is 69.9 Å². The lowest BCUT2D eigenvalue weighted by molar-refractivity contribution is -0.151. The van der Waals surface area contributed by atoms with Crippen LogP contribution in [0.2, 0.25) is 0 Å². The lowest BCUT2D eigenvalue weighted by atomic mass is 10.0. The maximum atomic E-state index is 6.59. The Morgan fingerprint density at radius 1 is 0.607 bits per heavy atom. The van der Waals surface area contributed by atoms with Crippen molar-refractivity contribution in [2.75, 3.05) is 12.3 Å². The van der Waals surface area contributed by atoms with E-state index in [0.717, 1.165) is 12.3 Å². The van der Waals surface area contributed by atoms with E-state index in [1.54, 1.807) is 0 Å². The lowest BCUT2D eigenvalue weighted by Crippen LogP contribution is -2.45. The van der Waals surface area contributed by atoms with Gasteiger partial charge in [-0.05, 0) is 50.3 Å². The largest absolute Gasteiger partial charge is 0.344 e. The summed E-state index contributed by atoms with van der Waals surface area (Å²) >= 11 is 0. The molecule has 4 rings (SSSR count). The van der Waals surface area contributed by atoms with Gasteiger partial charge in [0.1, 0.15) is 0 Å². The summed E-state index contributed by atoms with van der Waals surface area (Å²) in [5.74, 6) is -0.941. The fourth-order valence-electron chi connectivity index (χ4n) is 5.77. The van der Waals surface area contributed by atoms with Crippen LogP contribution in [0.1, 0.15) is 69.2 Å². The summed E-state index contributed by atoms with van der Waals surface area (Å²) in [6.07, 6.45) is 3.17. The standard InChI is InChI=1S/C22H40O4P2/c1-19(2,3)27-11-13-15(25-21(7,8)23-13)17(27)18-16-14(24-22(9,10)26-16)12-28(18)20(4,5)6/h13-18H,11-12H2,1-10H3/t13-,14-,15+,16+,17-,18-,27-,28+/m1/s1. The van der Waals surface area contributed by atoms with Crippen LogP contribution in [0.25, 0.3) is 0 Å². The molecule has 4 aliphatic rings. The van der Waals surface area contributed by atoms with Crippen molar-refractivity contribution in [2.24, 2.45) is 0 Å². The fourth-order valence-corrected chi connectivity index (χ4v) is 13.7. The Bertz CT molecular complexity index is 567. The van der Waals surface area contributed by atoms with E-state index in [0.29, 0.717) is 11.3 Å². The number of hydrogen-bond acceptors (Lipinski definition) is 4. The van der Waals surface area contributed by atoms with Crippen LogP contribution in [0.3, 0.4) is 0 Å². The molecule has 28 heavy (non-hydrogen) atoms. The SMILES string of the molecule is CC1(C)O[C@@H]2[C@H]([C@H]3[C@H]4OC(C)(C)O[C@@H]4C[P@]3C(C)(C)C)[P@](C(C)(C)C)C[C@H]2O1. The van der Waals surface area contributed by atoms with Gasteiger partial charge in [0.2, 0.25) is 0 Å². The van der Waals surface area contributed by atoms with Gasteiger partial charge in [-0.15, -0.1) is 0 Å². The maximum absolute atomic E-state index is 6.59. The Morgan fingerprint density at radius 2 is 0.929 bits per heavy atom. The minimum Gasteiger partial charge on any atom is -0.344 e. The first kappa shape index (κ1) is 21.9. The highest BCUT2D eigenvalue weighted by molar-refractivity contribution is 7.65. The van der Waals surface area contributed by atoms with Crippen LogP contribution >= 0.6 is 15.8 Å². The van der Waals surface area contributed by atoms with Gasteiger partial charge in [-0.25, -0.2) is 0 Å². The van der Waals surface area contributed by atoms with E-state index in [1.165, 1.54) is 0 Å². The molecule has 0 radical (unpaired) electrons. The molecule has 4 saturated heterocycles. The monoisotopic (exact) mass is 430 g/mol. The van der Waals surface area contributed by atoms with Crippen molar-refractivity contribution in [3.05, 3.63) is 0 Å². The van der Waals surface area contributed by atoms with Crippen LogP contribution < -0.4 is 0 Å². The van der Waals surface area contributed by atoms with E-state index in [-0.39, 0.29) is 50.6 Å². The molecule has 4 aliphatic heterocycles. The van der Waals surface area contributed by atoms with E-state index < -0.39 is 11.6 Å². The molecule has 8 atom stereocenters. The van der Waals surface area contributed by atoms with Gasteiger partial charge in [0.25, 0.3) is 0 Å². The van der Waals surface area contributed by atoms with Gasteiger partial charge in [-0.1, -0.05) is 57.4 Å². The Hall–Kier alpha value is 0.700. The van der Waals surface area contributed by atoms with E-state index in [1.807, 2.05) is 0 Å². The first-order valence-corrected chi connectivity index (χ1v) is 14.0. The normalized spacial score (nSPS) is 47.4. The molecular weight excluding hydrogens is 390 g/mol. The van der Waals surface area contributed by atoms with Crippen molar-refractivity contribution in [3.63, 3.8) is 0 Å². The Labute approximate surface area is 174 Å². The first-order chi connectivity index (χ1) is 12.6. The molecule has 0 aliphatic carbocycles. The quantitative estimate of drug-likeness (QED) is 0.526. The van der Waals surface area contributed by atoms with Crippen LogP contribution in [0, 0.1) is 0 Å². The second-order valence-corrected chi connectivity index (χ2v) is 18.4. The van der Waals surface area contributed by atoms with Gasteiger partial charge in [-0.2, -0.15) is 0 Å². The molecule has 0 unspecified atom stereocenters. The number of hydrogen-bond donors (Lipinski definition) is 0. The third kappa shape index (κ3) is 3.74. The number of ether oxygens (including phenoxy) is 4. The first-order valence-electron chi connectivity index (χ1n) is 10.8. The highest BCUT2D eigenvalue weighted by Crippen LogP contribution is 2.73. The summed E-state index contributed by atoms with van der Waals surface area (Å²) < 4.78 is 26.0. The van der Waals surface area contributed by atoms with E-state index in [4.69, 9.17) is 18.9 Å². The van der Waals surface area contributed by atoms with Crippen molar-refractivity contribution in [1.29, 1.82) is 0 Å². The van der Waals surface area contributed by atoms with Gasteiger partial charge >= 0.3 is 0 Å². The Morgan fingerprint density at radius 3 is 1.21 bits per heavy atom.